The minimum absolute atomic E-state index is 0.000454. The molecule has 2 aromatic carbocycles. The third-order valence-corrected chi connectivity index (χ3v) is 4.89. The Bertz CT molecular complexity index is 861. The SMILES string of the molecule is O=C(NCc1cc(Br)ccc1F)[C@H]1C[C@@H](O)CN1C(=O)c1ccc(F)cc1. The number of aliphatic hydroxyl groups is 1. The molecule has 1 saturated heterocycles. The predicted octanol–water partition coefficient (Wildman–Crippen LogP) is 2.62. The van der Waals surface area contributed by atoms with Crippen molar-refractivity contribution in [1.29, 1.82) is 0 Å². The van der Waals surface area contributed by atoms with Gasteiger partial charge in [-0.3, -0.25) is 9.59 Å². The Kier molecular flexibility index (Phi) is 5.86. The summed E-state index contributed by atoms with van der Waals surface area (Å²) in [7, 11) is 0. The molecule has 1 aliphatic rings. The molecule has 0 aliphatic carbocycles. The Morgan fingerprint density at radius 3 is 2.59 bits per heavy atom. The van der Waals surface area contributed by atoms with Crippen LogP contribution in [0, 0.1) is 11.6 Å². The molecule has 8 heteroatoms. The van der Waals surface area contributed by atoms with Crippen LogP contribution in [0.1, 0.15) is 22.3 Å². The number of hydrogen-bond donors (Lipinski definition) is 2. The van der Waals surface area contributed by atoms with Gasteiger partial charge in [0.05, 0.1) is 6.10 Å². The summed E-state index contributed by atoms with van der Waals surface area (Å²) in [6, 6.07) is 8.48. The number of β-amino-alcohol motifs (C(OH)–C–C–N with tert-alkyl or cyclic N) is 1. The van der Waals surface area contributed by atoms with Gasteiger partial charge >= 0.3 is 0 Å². The maximum Gasteiger partial charge on any atom is 0.254 e. The Morgan fingerprint density at radius 1 is 1.19 bits per heavy atom. The zero-order valence-corrected chi connectivity index (χ0v) is 15.7. The summed E-state index contributed by atoms with van der Waals surface area (Å²) in [5, 5.41) is 12.5. The van der Waals surface area contributed by atoms with Crippen molar-refractivity contribution < 1.29 is 23.5 Å². The van der Waals surface area contributed by atoms with Crippen LogP contribution in [0.3, 0.4) is 0 Å². The van der Waals surface area contributed by atoms with Gasteiger partial charge in [0.1, 0.15) is 17.7 Å². The molecule has 0 radical (unpaired) electrons. The third-order valence-electron chi connectivity index (χ3n) is 4.39. The smallest absolute Gasteiger partial charge is 0.254 e. The number of rotatable bonds is 4. The molecule has 0 aromatic heterocycles. The van der Waals surface area contributed by atoms with Crippen molar-refractivity contribution >= 4 is 27.7 Å². The van der Waals surface area contributed by atoms with Crippen LogP contribution in [0.25, 0.3) is 0 Å². The molecule has 1 aliphatic heterocycles. The molecule has 27 heavy (non-hydrogen) atoms. The van der Waals surface area contributed by atoms with E-state index in [-0.39, 0.29) is 25.1 Å². The number of carbonyl (C=O) groups excluding carboxylic acids is 2. The third kappa shape index (κ3) is 4.51. The lowest BCUT2D eigenvalue weighted by molar-refractivity contribution is -0.125. The highest BCUT2D eigenvalue weighted by Gasteiger charge is 2.39. The van der Waals surface area contributed by atoms with E-state index in [9.17, 15) is 23.5 Å². The maximum atomic E-state index is 13.8. The van der Waals surface area contributed by atoms with Crippen LogP contribution in [-0.4, -0.2) is 40.5 Å². The van der Waals surface area contributed by atoms with Crippen molar-refractivity contribution in [2.45, 2.75) is 25.1 Å². The van der Waals surface area contributed by atoms with E-state index in [0.717, 1.165) is 12.1 Å². The molecule has 2 aromatic rings. The first-order chi connectivity index (χ1) is 12.8. The van der Waals surface area contributed by atoms with Gasteiger partial charge in [-0.15, -0.1) is 0 Å². The van der Waals surface area contributed by atoms with Crippen molar-refractivity contribution in [1.82, 2.24) is 10.2 Å². The van der Waals surface area contributed by atoms with Gasteiger partial charge in [0, 0.05) is 35.1 Å². The van der Waals surface area contributed by atoms with E-state index in [0.29, 0.717) is 10.0 Å². The molecule has 2 N–H and O–H groups in total. The fourth-order valence-corrected chi connectivity index (χ4v) is 3.43. The molecular weight excluding hydrogens is 422 g/mol. The van der Waals surface area contributed by atoms with Crippen LogP contribution in [0.5, 0.6) is 0 Å². The summed E-state index contributed by atoms with van der Waals surface area (Å²) >= 11 is 3.25. The molecule has 0 spiro atoms. The van der Waals surface area contributed by atoms with E-state index in [2.05, 4.69) is 21.2 Å². The number of hydrogen-bond acceptors (Lipinski definition) is 3. The molecule has 0 saturated carbocycles. The van der Waals surface area contributed by atoms with Crippen LogP contribution >= 0.6 is 15.9 Å². The van der Waals surface area contributed by atoms with Gasteiger partial charge in [0.25, 0.3) is 5.91 Å². The van der Waals surface area contributed by atoms with Crippen LogP contribution < -0.4 is 5.32 Å². The first-order valence-corrected chi connectivity index (χ1v) is 9.10. The maximum absolute atomic E-state index is 13.8. The van der Waals surface area contributed by atoms with Crippen molar-refractivity contribution in [2.24, 2.45) is 0 Å². The van der Waals surface area contributed by atoms with Gasteiger partial charge in [-0.25, -0.2) is 8.78 Å². The number of carbonyl (C=O) groups is 2. The lowest BCUT2D eigenvalue weighted by Gasteiger charge is -2.24. The number of nitrogens with zero attached hydrogens (tertiary/aromatic N) is 1. The van der Waals surface area contributed by atoms with Crippen molar-refractivity contribution in [3.8, 4) is 0 Å². The number of amides is 2. The van der Waals surface area contributed by atoms with Crippen LogP contribution in [-0.2, 0) is 11.3 Å². The van der Waals surface area contributed by atoms with Crippen LogP contribution in [0.4, 0.5) is 8.78 Å². The highest BCUT2D eigenvalue weighted by atomic mass is 79.9. The molecule has 0 bridgehead atoms. The predicted molar refractivity (Wildman–Crippen MR) is 97.8 cm³/mol. The number of aliphatic hydroxyl groups excluding tert-OH is 1. The van der Waals surface area contributed by atoms with Crippen molar-refractivity contribution in [3.63, 3.8) is 0 Å². The average Bonchev–Trinajstić information content (AvgIpc) is 3.04. The second-order valence-corrected chi connectivity index (χ2v) is 7.24. The summed E-state index contributed by atoms with van der Waals surface area (Å²) in [5.41, 5.74) is 0.522. The number of benzene rings is 2. The fourth-order valence-electron chi connectivity index (χ4n) is 3.02. The Balaban J connectivity index is 1.71. The molecule has 142 valence electrons. The van der Waals surface area contributed by atoms with E-state index in [4.69, 9.17) is 0 Å². The first kappa shape index (κ1) is 19.4. The molecule has 3 rings (SSSR count). The zero-order chi connectivity index (χ0) is 19.6. The van der Waals surface area contributed by atoms with E-state index in [1.165, 1.54) is 23.1 Å². The van der Waals surface area contributed by atoms with Crippen LogP contribution in [0.2, 0.25) is 0 Å². The largest absolute Gasteiger partial charge is 0.391 e. The van der Waals surface area contributed by atoms with E-state index >= 15 is 0 Å². The highest BCUT2D eigenvalue weighted by molar-refractivity contribution is 9.10. The molecule has 1 heterocycles. The Hall–Kier alpha value is -2.32. The number of likely N-dealkylation sites (tertiary alicyclic amines) is 1. The molecule has 1 fully saturated rings. The van der Waals surface area contributed by atoms with E-state index in [1.54, 1.807) is 12.1 Å². The van der Waals surface area contributed by atoms with Crippen molar-refractivity contribution in [2.75, 3.05) is 6.54 Å². The summed E-state index contributed by atoms with van der Waals surface area (Å²) in [4.78, 5) is 26.4. The molecule has 2 amide bonds. The van der Waals surface area contributed by atoms with Gasteiger partial charge in [-0.2, -0.15) is 0 Å². The molecular formula is C19H17BrF2N2O3. The normalized spacial score (nSPS) is 19.2. The Morgan fingerprint density at radius 2 is 1.89 bits per heavy atom. The Labute approximate surface area is 163 Å². The zero-order valence-electron chi connectivity index (χ0n) is 14.2. The minimum Gasteiger partial charge on any atom is -0.391 e. The van der Waals surface area contributed by atoms with Gasteiger partial charge in [0.2, 0.25) is 5.91 Å². The number of halogens is 3. The lowest BCUT2D eigenvalue weighted by atomic mass is 10.1. The topological polar surface area (TPSA) is 69.6 Å². The first-order valence-electron chi connectivity index (χ1n) is 8.31. The van der Waals surface area contributed by atoms with Crippen LogP contribution in [0.15, 0.2) is 46.9 Å². The number of nitrogens with one attached hydrogen (secondary N) is 1. The van der Waals surface area contributed by atoms with E-state index in [1.807, 2.05) is 0 Å². The second-order valence-electron chi connectivity index (χ2n) is 6.32. The second kappa shape index (κ2) is 8.14. The summed E-state index contributed by atoms with van der Waals surface area (Å²) in [5.74, 6) is -1.88. The quantitative estimate of drug-likeness (QED) is 0.770. The average molecular weight is 439 g/mol. The highest BCUT2D eigenvalue weighted by Crippen LogP contribution is 2.22. The van der Waals surface area contributed by atoms with Gasteiger partial charge in [-0.1, -0.05) is 15.9 Å². The molecule has 2 atom stereocenters. The van der Waals surface area contributed by atoms with Gasteiger partial charge in [0.15, 0.2) is 0 Å². The van der Waals surface area contributed by atoms with E-state index < -0.39 is 35.6 Å². The van der Waals surface area contributed by atoms with Gasteiger partial charge < -0.3 is 15.3 Å². The molecule has 0 unspecified atom stereocenters. The molecule has 5 nitrogen and oxygen atoms in total. The standard InChI is InChI=1S/C19H17BrF2N2O3/c20-13-3-6-16(22)12(7-13)9-23-18(26)17-8-15(25)10-24(17)19(27)11-1-4-14(21)5-2-11/h1-7,15,17,25H,8-10H2,(H,23,26)/t15-,17-/m1/s1. The summed E-state index contributed by atoms with van der Waals surface area (Å²) in [6.07, 6.45) is -0.757. The lowest BCUT2D eigenvalue weighted by Crippen LogP contribution is -2.45. The monoisotopic (exact) mass is 438 g/mol. The minimum atomic E-state index is -0.882. The summed E-state index contributed by atoms with van der Waals surface area (Å²) < 4.78 is 27.5. The summed E-state index contributed by atoms with van der Waals surface area (Å²) in [6.45, 7) is -0.0468. The van der Waals surface area contributed by atoms with Gasteiger partial charge in [-0.05, 0) is 42.5 Å². The van der Waals surface area contributed by atoms with Crippen molar-refractivity contribution in [3.05, 3.63) is 69.7 Å². The fraction of sp³-hybridized carbons (Fsp3) is 0.263.